The molecule has 0 bridgehead atoms. The van der Waals surface area contributed by atoms with Crippen molar-refractivity contribution in [2.75, 3.05) is 25.0 Å². The van der Waals surface area contributed by atoms with Crippen LogP contribution in [0.15, 0.2) is 18.2 Å². The maximum Gasteiger partial charge on any atom is 0.238 e. The van der Waals surface area contributed by atoms with Crippen molar-refractivity contribution in [3.63, 3.8) is 0 Å². The number of rotatable bonds is 3. The summed E-state index contributed by atoms with van der Waals surface area (Å²) in [5.74, 6) is -0.0188. The highest BCUT2D eigenvalue weighted by atomic mass is 16.3. The van der Waals surface area contributed by atoms with Gasteiger partial charge in [-0.3, -0.25) is 9.69 Å². The number of anilines is 1. The van der Waals surface area contributed by atoms with Gasteiger partial charge in [-0.25, -0.2) is 0 Å². The lowest BCUT2D eigenvalue weighted by Crippen LogP contribution is -2.48. The summed E-state index contributed by atoms with van der Waals surface area (Å²) in [5.41, 5.74) is 2.46. The van der Waals surface area contributed by atoms with Gasteiger partial charge in [0.1, 0.15) is 0 Å². The minimum absolute atomic E-state index is 0.0188. The number of amides is 1. The molecule has 1 amide bonds. The van der Waals surface area contributed by atoms with E-state index in [4.69, 9.17) is 0 Å². The van der Waals surface area contributed by atoms with Gasteiger partial charge >= 0.3 is 0 Å². The Morgan fingerprint density at radius 1 is 1.45 bits per heavy atom. The molecule has 20 heavy (non-hydrogen) atoms. The molecule has 1 aliphatic heterocycles. The van der Waals surface area contributed by atoms with Crippen LogP contribution < -0.4 is 5.32 Å². The molecule has 0 saturated carbocycles. The number of aryl methyl sites for hydroxylation is 2. The van der Waals surface area contributed by atoms with E-state index >= 15 is 0 Å². The predicted molar refractivity (Wildman–Crippen MR) is 80.8 cm³/mol. The SMILES string of the molecule is Cc1ccc(NC(=O)CN2CCCC(C)(O)C2)c(C)c1. The van der Waals surface area contributed by atoms with Crippen molar-refractivity contribution in [3.05, 3.63) is 29.3 Å². The molecule has 4 heteroatoms. The summed E-state index contributed by atoms with van der Waals surface area (Å²) in [4.78, 5) is 14.1. The maximum atomic E-state index is 12.1. The number of β-amino-alcohol motifs (C(OH)–C–C–N with tert-alkyl or cyclic N) is 1. The molecule has 1 saturated heterocycles. The highest BCUT2D eigenvalue weighted by Crippen LogP contribution is 2.20. The van der Waals surface area contributed by atoms with Gasteiger partial charge < -0.3 is 10.4 Å². The third kappa shape index (κ3) is 4.05. The zero-order valence-corrected chi connectivity index (χ0v) is 12.6. The largest absolute Gasteiger partial charge is 0.389 e. The molecule has 2 rings (SSSR count). The second kappa shape index (κ2) is 5.94. The first kappa shape index (κ1) is 15.0. The molecule has 1 aliphatic rings. The molecule has 0 aliphatic carbocycles. The van der Waals surface area contributed by atoms with E-state index in [2.05, 4.69) is 11.4 Å². The molecule has 1 heterocycles. The number of aliphatic hydroxyl groups is 1. The van der Waals surface area contributed by atoms with Gasteiger partial charge in [-0.05, 0) is 51.8 Å². The average molecular weight is 276 g/mol. The number of likely N-dealkylation sites (tertiary alicyclic amines) is 1. The zero-order chi connectivity index (χ0) is 14.8. The number of carbonyl (C=O) groups excluding carboxylic acids is 1. The van der Waals surface area contributed by atoms with Crippen LogP contribution in [0.25, 0.3) is 0 Å². The lowest BCUT2D eigenvalue weighted by atomic mass is 9.95. The summed E-state index contributed by atoms with van der Waals surface area (Å²) in [7, 11) is 0. The summed E-state index contributed by atoms with van der Waals surface area (Å²) in [5, 5.41) is 13.0. The van der Waals surface area contributed by atoms with Crippen LogP contribution in [-0.4, -0.2) is 41.1 Å². The van der Waals surface area contributed by atoms with Gasteiger partial charge in [0, 0.05) is 12.2 Å². The lowest BCUT2D eigenvalue weighted by Gasteiger charge is -2.36. The van der Waals surface area contributed by atoms with E-state index in [-0.39, 0.29) is 5.91 Å². The van der Waals surface area contributed by atoms with E-state index in [1.165, 1.54) is 5.56 Å². The van der Waals surface area contributed by atoms with Crippen LogP contribution in [0, 0.1) is 13.8 Å². The number of nitrogens with zero attached hydrogens (tertiary/aromatic N) is 1. The standard InChI is InChI=1S/C16H24N2O2/c1-12-5-6-14(13(2)9-12)17-15(19)10-18-8-4-7-16(3,20)11-18/h5-6,9,20H,4,7-8,10-11H2,1-3H3,(H,17,19). The minimum atomic E-state index is -0.668. The number of piperidine rings is 1. The number of hydrogen-bond acceptors (Lipinski definition) is 3. The molecule has 2 N–H and O–H groups in total. The number of nitrogens with one attached hydrogen (secondary N) is 1. The average Bonchev–Trinajstić information content (AvgIpc) is 2.31. The first-order valence-electron chi connectivity index (χ1n) is 7.18. The molecule has 0 aromatic heterocycles. The molecular weight excluding hydrogens is 252 g/mol. The van der Waals surface area contributed by atoms with Gasteiger partial charge in [0.05, 0.1) is 12.1 Å². The molecule has 1 atom stereocenters. The monoisotopic (exact) mass is 276 g/mol. The van der Waals surface area contributed by atoms with Crippen molar-refractivity contribution in [3.8, 4) is 0 Å². The fourth-order valence-electron chi connectivity index (χ4n) is 2.80. The summed E-state index contributed by atoms with van der Waals surface area (Å²) < 4.78 is 0. The van der Waals surface area contributed by atoms with Crippen LogP contribution in [0.5, 0.6) is 0 Å². The smallest absolute Gasteiger partial charge is 0.238 e. The molecule has 4 nitrogen and oxygen atoms in total. The number of carbonyl (C=O) groups is 1. The van der Waals surface area contributed by atoms with Crippen LogP contribution >= 0.6 is 0 Å². The van der Waals surface area contributed by atoms with E-state index < -0.39 is 5.60 Å². The predicted octanol–water partition coefficient (Wildman–Crippen LogP) is 2.09. The summed E-state index contributed by atoms with van der Waals surface area (Å²) in [6.45, 7) is 7.64. The Morgan fingerprint density at radius 3 is 2.85 bits per heavy atom. The van der Waals surface area contributed by atoms with Crippen molar-refractivity contribution in [1.82, 2.24) is 4.90 Å². The van der Waals surface area contributed by atoms with Gasteiger partial charge in [0.2, 0.25) is 5.91 Å². The first-order valence-corrected chi connectivity index (χ1v) is 7.18. The molecule has 1 aromatic carbocycles. The van der Waals surface area contributed by atoms with Crippen molar-refractivity contribution in [2.24, 2.45) is 0 Å². The molecular formula is C16H24N2O2. The Labute approximate surface area is 120 Å². The van der Waals surface area contributed by atoms with E-state index in [9.17, 15) is 9.90 Å². The first-order chi connectivity index (χ1) is 9.35. The molecule has 1 fully saturated rings. The zero-order valence-electron chi connectivity index (χ0n) is 12.6. The van der Waals surface area contributed by atoms with Crippen molar-refractivity contribution < 1.29 is 9.90 Å². The Bertz CT molecular complexity index is 497. The van der Waals surface area contributed by atoms with Crippen LogP contribution in [0.1, 0.15) is 30.9 Å². The fraction of sp³-hybridized carbons (Fsp3) is 0.562. The summed E-state index contributed by atoms with van der Waals surface area (Å²) >= 11 is 0. The highest BCUT2D eigenvalue weighted by molar-refractivity contribution is 5.93. The second-order valence-corrected chi connectivity index (χ2v) is 6.18. The summed E-state index contributed by atoms with van der Waals surface area (Å²) in [6, 6.07) is 5.99. The van der Waals surface area contributed by atoms with Gasteiger partial charge in [0.25, 0.3) is 0 Å². The van der Waals surface area contributed by atoms with E-state index in [0.717, 1.165) is 30.6 Å². The maximum absolute atomic E-state index is 12.1. The number of hydrogen-bond donors (Lipinski definition) is 2. The fourth-order valence-corrected chi connectivity index (χ4v) is 2.80. The van der Waals surface area contributed by atoms with Crippen molar-refractivity contribution >= 4 is 11.6 Å². The third-order valence-electron chi connectivity index (χ3n) is 3.78. The quantitative estimate of drug-likeness (QED) is 0.889. The minimum Gasteiger partial charge on any atom is -0.389 e. The van der Waals surface area contributed by atoms with Crippen LogP contribution in [0.3, 0.4) is 0 Å². The Balaban J connectivity index is 1.92. The summed E-state index contributed by atoms with van der Waals surface area (Å²) in [6.07, 6.45) is 1.74. The third-order valence-corrected chi connectivity index (χ3v) is 3.78. The van der Waals surface area contributed by atoms with Crippen LogP contribution in [0.4, 0.5) is 5.69 Å². The normalized spacial score (nSPS) is 23.6. The van der Waals surface area contributed by atoms with Gasteiger partial charge in [-0.2, -0.15) is 0 Å². The van der Waals surface area contributed by atoms with E-state index in [1.54, 1.807) is 0 Å². The highest BCUT2D eigenvalue weighted by Gasteiger charge is 2.29. The van der Waals surface area contributed by atoms with Crippen LogP contribution in [0.2, 0.25) is 0 Å². The van der Waals surface area contributed by atoms with Gasteiger partial charge in [0.15, 0.2) is 0 Å². The molecule has 0 radical (unpaired) electrons. The van der Waals surface area contributed by atoms with E-state index in [1.807, 2.05) is 37.8 Å². The number of benzene rings is 1. The second-order valence-electron chi connectivity index (χ2n) is 6.18. The Hall–Kier alpha value is -1.39. The lowest BCUT2D eigenvalue weighted by molar-refractivity contribution is -0.118. The van der Waals surface area contributed by atoms with E-state index in [0.29, 0.717) is 13.1 Å². The Morgan fingerprint density at radius 2 is 2.20 bits per heavy atom. The van der Waals surface area contributed by atoms with Crippen LogP contribution in [-0.2, 0) is 4.79 Å². The molecule has 1 unspecified atom stereocenters. The topological polar surface area (TPSA) is 52.6 Å². The van der Waals surface area contributed by atoms with Gasteiger partial charge in [-0.1, -0.05) is 17.7 Å². The van der Waals surface area contributed by atoms with Crippen molar-refractivity contribution in [2.45, 2.75) is 39.2 Å². The Kier molecular flexibility index (Phi) is 4.45. The van der Waals surface area contributed by atoms with Crippen molar-refractivity contribution in [1.29, 1.82) is 0 Å². The van der Waals surface area contributed by atoms with Gasteiger partial charge in [-0.15, -0.1) is 0 Å². The molecule has 110 valence electrons. The molecule has 0 spiro atoms. The molecule has 1 aromatic rings.